The zero-order valence-electron chi connectivity index (χ0n) is 15.7. The number of hydrogen-bond acceptors (Lipinski definition) is 1. The van der Waals surface area contributed by atoms with Crippen LogP contribution >= 0.6 is 0 Å². The first kappa shape index (κ1) is 16.4. The maximum atomic E-state index is 6.68. The summed E-state index contributed by atoms with van der Waals surface area (Å²) in [6, 6.07) is 0. The molecule has 6 atom stereocenters. The van der Waals surface area contributed by atoms with Crippen molar-refractivity contribution in [3.8, 4) is 0 Å². The first-order valence-corrected chi connectivity index (χ1v) is 13.7. The van der Waals surface area contributed by atoms with E-state index in [0.717, 1.165) is 23.7 Å². The summed E-state index contributed by atoms with van der Waals surface area (Å²) < 4.78 is 6.68. The lowest BCUT2D eigenvalue weighted by Gasteiger charge is -2.54. The molecule has 4 aliphatic carbocycles. The number of allylic oxidation sites excluding steroid dienone is 2. The van der Waals surface area contributed by atoms with Crippen molar-refractivity contribution >= 4 is 8.32 Å². The van der Waals surface area contributed by atoms with E-state index in [0.29, 0.717) is 11.5 Å². The predicted octanol–water partition coefficient (Wildman–Crippen LogP) is 6.17. The summed E-state index contributed by atoms with van der Waals surface area (Å²) in [5.41, 5.74) is 2.34. The lowest BCUT2D eigenvalue weighted by atomic mass is 9.52. The van der Waals surface area contributed by atoms with Gasteiger partial charge in [0.1, 0.15) is 0 Å². The summed E-state index contributed by atoms with van der Waals surface area (Å²) in [5, 5.41) is 0. The third-order valence-electron chi connectivity index (χ3n) is 7.79. The van der Waals surface area contributed by atoms with Gasteiger partial charge in [-0.3, -0.25) is 0 Å². The van der Waals surface area contributed by atoms with E-state index < -0.39 is 8.32 Å². The van der Waals surface area contributed by atoms with Gasteiger partial charge in [-0.15, -0.1) is 0 Å². The molecule has 0 aromatic heterocycles. The van der Waals surface area contributed by atoms with E-state index in [9.17, 15) is 0 Å². The molecule has 0 spiro atoms. The molecule has 3 fully saturated rings. The summed E-state index contributed by atoms with van der Waals surface area (Å²) >= 11 is 0. The molecule has 4 aliphatic rings. The van der Waals surface area contributed by atoms with E-state index in [1.54, 1.807) is 0 Å². The predicted molar refractivity (Wildman–Crippen MR) is 99.9 cm³/mol. The Bertz CT molecular complexity index is 491. The van der Waals surface area contributed by atoms with Crippen molar-refractivity contribution in [1.29, 1.82) is 0 Å². The Morgan fingerprint density at radius 1 is 1.04 bits per heavy atom. The van der Waals surface area contributed by atoms with E-state index in [-0.39, 0.29) is 0 Å². The highest BCUT2D eigenvalue weighted by molar-refractivity contribution is 6.69. The quantitative estimate of drug-likeness (QED) is 0.434. The van der Waals surface area contributed by atoms with Crippen LogP contribution in [-0.4, -0.2) is 14.4 Å². The molecule has 0 amide bonds. The standard InChI is InChI=1S/C21H36OSi/c1-21-14-13-17-16-8-6-5-7-15(16)9-10-18(17)19(21)11-12-20(21)22-23(2,3)4/h7,16-20H,5-6,8-14H2,1-4H3. The SMILES string of the molecule is CC12CCC3C4CCCC=C4CCC3C1CCC2O[Si](C)(C)C. The van der Waals surface area contributed by atoms with Crippen molar-refractivity contribution < 1.29 is 4.43 Å². The van der Waals surface area contributed by atoms with Gasteiger partial charge in [0.05, 0.1) is 6.10 Å². The summed E-state index contributed by atoms with van der Waals surface area (Å²) in [6.07, 6.45) is 16.0. The Balaban J connectivity index is 1.55. The Morgan fingerprint density at radius 2 is 1.87 bits per heavy atom. The molecule has 23 heavy (non-hydrogen) atoms. The maximum absolute atomic E-state index is 6.68. The Morgan fingerprint density at radius 3 is 2.65 bits per heavy atom. The summed E-state index contributed by atoms with van der Waals surface area (Å²) in [7, 11) is -1.43. The van der Waals surface area contributed by atoms with Crippen LogP contribution in [0.15, 0.2) is 11.6 Å². The normalized spacial score (nSPS) is 46.6. The molecule has 2 heteroatoms. The molecule has 6 unspecified atom stereocenters. The van der Waals surface area contributed by atoms with E-state index in [2.05, 4.69) is 32.6 Å². The van der Waals surface area contributed by atoms with Crippen LogP contribution < -0.4 is 0 Å². The second kappa shape index (κ2) is 5.73. The molecule has 1 nitrogen and oxygen atoms in total. The maximum Gasteiger partial charge on any atom is 0.184 e. The molecular formula is C21H36OSi. The highest BCUT2D eigenvalue weighted by atomic mass is 28.4. The molecule has 0 radical (unpaired) electrons. The van der Waals surface area contributed by atoms with E-state index in [1.807, 2.05) is 5.57 Å². The minimum absolute atomic E-state index is 0.483. The first-order valence-electron chi connectivity index (χ1n) is 10.3. The topological polar surface area (TPSA) is 9.23 Å². The van der Waals surface area contributed by atoms with E-state index in [1.165, 1.54) is 57.8 Å². The van der Waals surface area contributed by atoms with Crippen LogP contribution in [0.1, 0.15) is 64.7 Å². The molecular weight excluding hydrogens is 296 g/mol. The highest BCUT2D eigenvalue weighted by Gasteiger charge is 2.56. The van der Waals surface area contributed by atoms with Crippen molar-refractivity contribution in [2.75, 3.05) is 0 Å². The van der Waals surface area contributed by atoms with Crippen molar-refractivity contribution in [2.45, 2.75) is 90.5 Å². The van der Waals surface area contributed by atoms with E-state index in [4.69, 9.17) is 4.43 Å². The van der Waals surface area contributed by atoms with Crippen LogP contribution in [0.4, 0.5) is 0 Å². The lowest BCUT2D eigenvalue weighted by molar-refractivity contribution is -0.0473. The van der Waals surface area contributed by atoms with Crippen LogP contribution in [0.3, 0.4) is 0 Å². The fraction of sp³-hybridized carbons (Fsp3) is 0.905. The van der Waals surface area contributed by atoms with Crippen molar-refractivity contribution in [2.24, 2.45) is 29.1 Å². The van der Waals surface area contributed by atoms with Gasteiger partial charge in [0, 0.05) is 0 Å². The Hall–Kier alpha value is -0.0831. The van der Waals surface area contributed by atoms with Crippen molar-refractivity contribution in [1.82, 2.24) is 0 Å². The third-order valence-corrected chi connectivity index (χ3v) is 8.78. The second-order valence-electron chi connectivity index (χ2n) is 10.1. The molecule has 3 saturated carbocycles. The van der Waals surface area contributed by atoms with E-state index >= 15 is 0 Å². The summed E-state index contributed by atoms with van der Waals surface area (Å²) in [6.45, 7) is 9.71. The Labute approximate surface area is 144 Å². The minimum atomic E-state index is -1.43. The first-order chi connectivity index (χ1) is 10.9. The molecule has 130 valence electrons. The van der Waals surface area contributed by atoms with Crippen LogP contribution in [0.5, 0.6) is 0 Å². The molecule has 0 aromatic carbocycles. The van der Waals surface area contributed by atoms with Gasteiger partial charge < -0.3 is 4.43 Å². The molecule has 0 aliphatic heterocycles. The average Bonchev–Trinajstić information content (AvgIpc) is 2.82. The van der Waals surface area contributed by atoms with Crippen LogP contribution in [-0.2, 0) is 4.43 Å². The molecule has 0 aromatic rings. The van der Waals surface area contributed by atoms with Crippen LogP contribution in [0.25, 0.3) is 0 Å². The molecule has 0 heterocycles. The van der Waals surface area contributed by atoms with Crippen molar-refractivity contribution in [3.05, 3.63) is 11.6 Å². The van der Waals surface area contributed by atoms with Crippen molar-refractivity contribution in [3.63, 3.8) is 0 Å². The van der Waals surface area contributed by atoms with Gasteiger partial charge in [0.2, 0.25) is 0 Å². The molecule has 0 saturated heterocycles. The molecule has 4 rings (SSSR count). The molecule has 0 bridgehead atoms. The zero-order valence-corrected chi connectivity index (χ0v) is 16.7. The largest absolute Gasteiger partial charge is 0.414 e. The average molecular weight is 333 g/mol. The van der Waals surface area contributed by atoms with Crippen LogP contribution in [0.2, 0.25) is 19.6 Å². The summed E-state index contributed by atoms with van der Waals surface area (Å²) in [4.78, 5) is 0. The third kappa shape index (κ3) is 2.78. The second-order valence-corrected chi connectivity index (χ2v) is 14.6. The summed E-state index contributed by atoms with van der Waals surface area (Å²) in [5.74, 6) is 3.93. The number of rotatable bonds is 2. The zero-order chi connectivity index (χ0) is 16.2. The Kier molecular flexibility index (Phi) is 4.08. The highest BCUT2D eigenvalue weighted by Crippen LogP contribution is 2.62. The molecule has 0 N–H and O–H groups in total. The lowest BCUT2D eigenvalue weighted by Crippen LogP contribution is -2.49. The smallest absolute Gasteiger partial charge is 0.184 e. The number of hydrogen-bond donors (Lipinski definition) is 0. The van der Waals surface area contributed by atoms with Gasteiger partial charge in [0.25, 0.3) is 0 Å². The van der Waals surface area contributed by atoms with Gasteiger partial charge in [-0.25, -0.2) is 0 Å². The fourth-order valence-electron chi connectivity index (χ4n) is 6.88. The van der Waals surface area contributed by atoms with Gasteiger partial charge in [-0.05, 0) is 107 Å². The minimum Gasteiger partial charge on any atom is -0.414 e. The monoisotopic (exact) mass is 332 g/mol. The van der Waals surface area contributed by atoms with Gasteiger partial charge in [0.15, 0.2) is 8.32 Å². The van der Waals surface area contributed by atoms with Gasteiger partial charge in [-0.2, -0.15) is 0 Å². The van der Waals surface area contributed by atoms with Gasteiger partial charge in [-0.1, -0.05) is 18.6 Å². The van der Waals surface area contributed by atoms with Crippen LogP contribution in [0, 0.1) is 29.1 Å². The van der Waals surface area contributed by atoms with Gasteiger partial charge >= 0.3 is 0 Å². The fourth-order valence-corrected chi connectivity index (χ4v) is 8.12. The number of fused-ring (bicyclic) bond motifs is 5.